The third-order valence-electron chi connectivity index (χ3n) is 5.66. The van der Waals surface area contributed by atoms with Crippen molar-refractivity contribution in [2.24, 2.45) is 11.3 Å². The normalized spacial score (nSPS) is 15.4. The number of hydrogen-bond acceptors (Lipinski definition) is 5. The molecule has 1 N–H and O–H groups in total. The Morgan fingerprint density at radius 3 is 2.45 bits per heavy atom. The molecule has 2 heterocycles. The molecular weight excluding hydrogens is 392 g/mol. The SMILES string of the molecule is Cc1oc(-c2ccccc2)nc1C(=O)N1CCC(C(=O)NCC(C)(C)CN(C)C)CC1. The topological polar surface area (TPSA) is 78.7 Å². The van der Waals surface area contributed by atoms with Crippen molar-refractivity contribution in [3.63, 3.8) is 0 Å². The third kappa shape index (κ3) is 5.94. The summed E-state index contributed by atoms with van der Waals surface area (Å²) in [4.78, 5) is 34.0. The first-order chi connectivity index (χ1) is 14.7. The second-order valence-corrected chi connectivity index (χ2v) is 9.48. The Kier molecular flexibility index (Phi) is 7.15. The van der Waals surface area contributed by atoms with E-state index in [4.69, 9.17) is 4.42 Å². The van der Waals surface area contributed by atoms with Gasteiger partial charge in [0.15, 0.2) is 5.69 Å². The highest BCUT2D eigenvalue weighted by Gasteiger charge is 2.31. The van der Waals surface area contributed by atoms with Gasteiger partial charge < -0.3 is 19.5 Å². The fourth-order valence-corrected chi connectivity index (χ4v) is 4.18. The van der Waals surface area contributed by atoms with Crippen molar-refractivity contribution < 1.29 is 14.0 Å². The first kappa shape index (κ1) is 23.0. The maximum Gasteiger partial charge on any atom is 0.276 e. The van der Waals surface area contributed by atoms with Crippen LogP contribution < -0.4 is 5.32 Å². The van der Waals surface area contributed by atoms with Crippen LogP contribution >= 0.6 is 0 Å². The number of carbonyl (C=O) groups is 2. The molecule has 1 aliphatic heterocycles. The Hall–Kier alpha value is -2.67. The quantitative estimate of drug-likeness (QED) is 0.736. The Morgan fingerprint density at radius 1 is 1.19 bits per heavy atom. The zero-order valence-corrected chi connectivity index (χ0v) is 19.3. The molecule has 0 atom stereocenters. The fraction of sp³-hybridized carbons (Fsp3) is 0.542. The first-order valence-electron chi connectivity index (χ1n) is 10.9. The Balaban J connectivity index is 1.54. The lowest BCUT2D eigenvalue weighted by Gasteiger charge is -2.32. The maximum atomic E-state index is 13.0. The fourth-order valence-electron chi connectivity index (χ4n) is 4.18. The van der Waals surface area contributed by atoms with Crippen LogP contribution in [0.15, 0.2) is 34.7 Å². The van der Waals surface area contributed by atoms with Gasteiger partial charge in [-0.25, -0.2) is 4.98 Å². The molecule has 1 aromatic heterocycles. The number of piperidine rings is 1. The number of nitrogens with one attached hydrogen (secondary N) is 1. The van der Waals surface area contributed by atoms with Crippen molar-refractivity contribution in [2.45, 2.75) is 33.6 Å². The molecule has 3 rings (SSSR count). The van der Waals surface area contributed by atoms with E-state index in [1.54, 1.807) is 11.8 Å². The summed E-state index contributed by atoms with van der Waals surface area (Å²) in [5.74, 6) is 0.873. The summed E-state index contributed by atoms with van der Waals surface area (Å²) in [5, 5.41) is 3.11. The van der Waals surface area contributed by atoms with Gasteiger partial charge >= 0.3 is 0 Å². The van der Waals surface area contributed by atoms with Gasteiger partial charge in [0, 0.05) is 37.7 Å². The smallest absolute Gasteiger partial charge is 0.276 e. The summed E-state index contributed by atoms with van der Waals surface area (Å²) >= 11 is 0. The minimum absolute atomic E-state index is 0.0107. The van der Waals surface area contributed by atoms with Gasteiger partial charge in [0.1, 0.15) is 5.76 Å². The van der Waals surface area contributed by atoms with E-state index >= 15 is 0 Å². The Morgan fingerprint density at radius 2 is 1.84 bits per heavy atom. The molecule has 1 saturated heterocycles. The van der Waals surface area contributed by atoms with Crippen molar-refractivity contribution >= 4 is 11.8 Å². The average Bonchev–Trinajstić information content (AvgIpc) is 3.13. The van der Waals surface area contributed by atoms with Gasteiger partial charge in [-0.3, -0.25) is 9.59 Å². The zero-order chi connectivity index (χ0) is 22.6. The van der Waals surface area contributed by atoms with Crippen LogP contribution in [-0.4, -0.2) is 66.9 Å². The monoisotopic (exact) mass is 426 g/mol. The first-order valence-corrected chi connectivity index (χ1v) is 10.9. The highest BCUT2D eigenvalue weighted by molar-refractivity contribution is 5.94. The molecule has 2 amide bonds. The average molecular weight is 427 g/mol. The van der Waals surface area contributed by atoms with Crippen molar-refractivity contribution in [1.82, 2.24) is 20.1 Å². The van der Waals surface area contributed by atoms with Gasteiger partial charge in [-0.05, 0) is 51.4 Å². The van der Waals surface area contributed by atoms with Crippen LogP contribution in [0.25, 0.3) is 11.5 Å². The molecule has 0 unspecified atom stereocenters. The second kappa shape index (κ2) is 9.64. The number of hydrogen-bond donors (Lipinski definition) is 1. The van der Waals surface area contributed by atoms with Crippen LogP contribution in [-0.2, 0) is 4.79 Å². The number of aromatic nitrogens is 1. The third-order valence-corrected chi connectivity index (χ3v) is 5.66. The zero-order valence-electron chi connectivity index (χ0n) is 19.3. The number of aryl methyl sites for hydroxylation is 1. The molecule has 0 spiro atoms. The molecule has 1 aliphatic rings. The number of rotatable bonds is 7. The largest absolute Gasteiger partial charge is 0.441 e. The van der Waals surface area contributed by atoms with E-state index in [-0.39, 0.29) is 23.1 Å². The molecule has 1 aromatic carbocycles. The summed E-state index contributed by atoms with van der Waals surface area (Å²) in [6, 6.07) is 9.56. The van der Waals surface area contributed by atoms with Crippen LogP contribution in [0.4, 0.5) is 0 Å². The molecule has 0 aliphatic carbocycles. The van der Waals surface area contributed by atoms with Crippen molar-refractivity contribution in [1.29, 1.82) is 0 Å². The lowest BCUT2D eigenvalue weighted by Crippen LogP contribution is -2.46. The van der Waals surface area contributed by atoms with E-state index in [1.165, 1.54) is 0 Å². The van der Waals surface area contributed by atoms with E-state index in [0.717, 1.165) is 12.1 Å². The minimum Gasteiger partial charge on any atom is -0.441 e. The van der Waals surface area contributed by atoms with Gasteiger partial charge in [-0.2, -0.15) is 0 Å². The van der Waals surface area contributed by atoms with Crippen molar-refractivity contribution in [3.05, 3.63) is 41.8 Å². The van der Waals surface area contributed by atoms with Crippen LogP contribution in [0.3, 0.4) is 0 Å². The van der Waals surface area contributed by atoms with E-state index < -0.39 is 0 Å². The van der Waals surface area contributed by atoms with Gasteiger partial charge in [0.25, 0.3) is 5.91 Å². The summed E-state index contributed by atoms with van der Waals surface area (Å²) in [5.41, 5.74) is 1.21. The standard InChI is InChI=1S/C24H34N4O3/c1-17-20(26-22(31-17)19-9-7-6-8-10-19)23(30)28-13-11-18(12-14-28)21(29)25-15-24(2,3)16-27(4)5/h6-10,18H,11-16H2,1-5H3,(H,25,29). The summed E-state index contributed by atoms with van der Waals surface area (Å²) in [6.07, 6.45) is 1.32. The lowest BCUT2D eigenvalue weighted by molar-refractivity contribution is -0.126. The van der Waals surface area contributed by atoms with Crippen molar-refractivity contribution in [3.8, 4) is 11.5 Å². The predicted octanol–water partition coefficient (Wildman–Crippen LogP) is 3.21. The van der Waals surface area contributed by atoms with Gasteiger partial charge in [-0.15, -0.1) is 0 Å². The molecular formula is C24H34N4O3. The molecule has 168 valence electrons. The molecule has 31 heavy (non-hydrogen) atoms. The number of oxazole rings is 1. The van der Waals surface area contributed by atoms with Crippen LogP contribution in [0.2, 0.25) is 0 Å². The second-order valence-electron chi connectivity index (χ2n) is 9.48. The number of amides is 2. The highest BCUT2D eigenvalue weighted by Crippen LogP contribution is 2.25. The van der Waals surface area contributed by atoms with E-state index in [2.05, 4.69) is 29.0 Å². The van der Waals surface area contributed by atoms with Crippen LogP contribution in [0.1, 0.15) is 42.9 Å². The summed E-state index contributed by atoms with van der Waals surface area (Å²) < 4.78 is 5.74. The molecule has 7 nitrogen and oxygen atoms in total. The molecule has 0 bridgehead atoms. The predicted molar refractivity (Wildman–Crippen MR) is 121 cm³/mol. The number of nitrogens with zero attached hydrogens (tertiary/aromatic N) is 3. The van der Waals surface area contributed by atoms with Gasteiger partial charge in [0.05, 0.1) is 0 Å². The Bertz CT molecular complexity index is 897. The number of carbonyl (C=O) groups excluding carboxylic acids is 2. The Labute approximate surface area is 184 Å². The van der Waals surface area contributed by atoms with E-state index in [9.17, 15) is 9.59 Å². The highest BCUT2D eigenvalue weighted by atomic mass is 16.4. The molecule has 1 fully saturated rings. The van der Waals surface area contributed by atoms with E-state index in [1.807, 2.05) is 44.4 Å². The molecule has 0 saturated carbocycles. The molecule has 7 heteroatoms. The number of benzene rings is 1. The van der Waals surface area contributed by atoms with Gasteiger partial charge in [0.2, 0.25) is 11.8 Å². The number of likely N-dealkylation sites (tertiary alicyclic amines) is 1. The van der Waals surface area contributed by atoms with E-state index in [0.29, 0.717) is 49.8 Å². The summed E-state index contributed by atoms with van der Waals surface area (Å²) in [7, 11) is 4.07. The molecule has 2 aromatic rings. The minimum atomic E-state index is -0.130. The van der Waals surface area contributed by atoms with Crippen molar-refractivity contribution in [2.75, 3.05) is 40.3 Å². The lowest BCUT2D eigenvalue weighted by atomic mass is 9.91. The van der Waals surface area contributed by atoms with Gasteiger partial charge in [-0.1, -0.05) is 32.0 Å². The van der Waals surface area contributed by atoms with Crippen LogP contribution in [0, 0.1) is 18.3 Å². The maximum absolute atomic E-state index is 13.0. The summed E-state index contributed by atoms with van der Waals surface area (Å²) in [6.45, 7) is 8.71. The van der Waals surface area contributed by atoms with Crippen LogP contribution in [0.5, 0.6) is 0 Å². The molecule has 0 radical (unpaired) electrons.